The number of carbonyl (C=O) groups excluding carboxylic acids is 3. The Hall–Kier alpha value is -3.08. The normalized spacial score (nSPS) is 13.3. The molecule has 0 aliphatic carbocycles. The topological polar surface area (TPSA) is 106 Å². The molecule has 10 heteroatoms. The van der Waals surface area contributed by atoms with Gasteiger partial charge in [0.2, 0.25) is 5.91 Å². The second-order valence-corrected chi connectivity index (χ2v) is 8.42. The lowest BCUT2D eigenvalue weighted by molar-refractivity contribution is -0.119. The number of hydrogen-bond donors (Lipinski definition) is 2. The molecule has 0 bridgehead atoms. The minimum atomic E-state index is -0.624. The van der Waals surface area contributed by atoms with Gasteiger partial charge in [0.05, 0.1) is 31.1 Å². The Morgan fingerprint density at radius 3 is 2.50 bits per heavy atom. The van der Waals surface area contributed by atoms with E-state index >= 15 is 0 Å². The number of nitrogens with one attached hydrogen (secondary N) is 2. The van der Waals surface area contributed by atoms with Crippen LogP contribution in [-0.4, -0.2) is 76.7 Å². The van der Waals surface area contributed by atoms with Crippen molar-refractivity contribution < 1.29 is 28.6 Å². The van der Waals surface area contributed by atoms with Crippen LogP contribution in [0.2, 0.25) is 0 Å². The molecule has 2 aromatic carbocycles. The highest BCUT2D eigenvalue weighted by atomic mass is 32.2. The first kappa shape index (κ1) is 25.5. The van der Waals surface area contributed by atoms with Crippen molar-refractivity contribution in [1.29, 1.82) is 0 Å². The molecule has 9 nitrogen and oxygen atoms in total. The van der Waals surface area contributed by atoms with Gasteiger partial charge in [0.15, 0.2) is 6.61 Å². The van der Waals surface area contributed by atoms with Gasteiger partial charge in [0.25, 0.3) is 5.91 Å². The maximum Gasteiger partial charge on any atom is 0.339 e. The number of nitrogens with zero attached hydrogens (tertiary/aromatic N) is 1. The predicted molar refractivity (Wildman–Crippen MR) is 130 cm³/mol. The molecule has 0 spiro atoms. The van der Waals surface area contributed by atoms with E-state index < -0.39 is 18.5 Å². The number of methoxy groups -OCH3 is 1. The van der Waals surface area contributed by atoms with Crippen LogP contribution in [0.1, 0.15) is 10.4 Å². The summed E-state index contributed by atoms with van der Waals surface area (Å²) in [4.78, 5) is 39.6. The van der Waals surface area contributed by atoms with Crippen molar-refractivity contribution in [2.45, 2.75) is 4.90 Å². The van der Waals surface area contributed by atoms with Crippen LogP contribution in [0.5, 0.6) is 0 Å². The van der Waals surface area contributed by atoms with Crippen molar-refractivity contribution in [3.63, 3.8) is 0 Å². The summed E-state index contributed by atoms with van der Waals surface area (Å²) in [5, 5.41) is 5.46. The van der Waals surface area contributed by atoms with Gasteiger partial charge in [-0.2, -0.15) is 0 Å². The average Bonchev–Trinajstić information content (AvgIpc) is 2.87. The number of benzene rings is 2. The molecule has 0 saturated carbocycles. The van der Waals surface area contributed by atoms with Crippen LogP contribution in [0, 0.1) is 0 Å². The third-order valence-corrected chi connectivity index (χ3v) is 6.03. The molecule has 0 aromatic heterocycles. The number of amides is 2. The fourth-order valence-electron chi connectivity index (χ4n) is 3.23. The van der Waals surface area contributed by atoms with Crippen LogP contribution < -0.4 is 15.5 Å². The Labute approximate surface area is 203 Å². The number of hydrogen-bond acceptors (Lipinski definition) is 8. The van der Waals surface area contributed by atoms with E-state index in [2.05, 4.69) is 15.5 Å². The first-order valence-electron chi connectivity index (χ1n) is 10.9. The number of morpholine rings is 1. The highest BCUT2D eigenvalue weighted by molar-refractivity contribution is 8.00. The lowest BCUT2D eigenvalue weighted by Crippen LogP contribution is -2.36. The molecule has 1 fully saturated rings. The van der Waals surface area contributed by atoms with Gasteiger partial charge in [0.1, 0.15) is 0 Å². The highest BCUT2D eigenvalue weighted by Crippen LogP contribution is 2.23. The van der Waals surface area contributed by atoms with Crippen molar-refractivity contribution >= 4 is 40.9 Å². The molecule has 0 unspecified atom stereocenters. The molecule has 2 amide bonds. The van der Waals surface area contributed by atoms with E-state index in [1.165, 1.54) is 11.8 Å². The Morgan fingerprint density at radius 2 is 1.76 bits per heavy atom. The van der Waals surface area contributed by atoms with E-state index in [1.807, 2.05) is 24.3 Å². The number of carbonyl (C=O) groups is 3. The van der Waals surface area contributed by atoms with Gasteiger partial charge < -0.3 is 29.7 Å². The Bertz CT molecular complexity index is 963. The first-order valence-corrected chi connectivity index (χ1v) is 11.9. The van der Waals surface area contributed by atoms with Crippen LogP contribution in [0.15, 0.2) is 53.4 Å². The second kappa shape index (κ2) is 13.6. The zero-order valence-corrected chi connectivity index (χ0v) is 19.9. The Balaban J connectivity index is 1.46. The third-order valence-electron chi connectivity index (χ3n) is 4.96. The summed E-state index contributed by atoms with van der Waals surface area (Å²) in [7, 11) is 1.56. The van der Waals surface area contributed by atoms with Crippen LogP contribution in [-0.2, 0) is 23.8 Å². The van der Waals surface area contributed by atoms with Gasteiger partial charge >= 0.3 is 5.97 Å². The van der Waals surface area contributed by atoms with E-state index in [4.69, 9.17) is 14.2 Å². The van der Waals surface area contributed by atoms with Gasteiger partial charge in [0, 0.05) is 43.0 Å². The minimum absolute atomic E-state index is 0.148. The predicted octanol–water partition coefficient (Wildman–Crippen LogP) is 2.17. The minimum Gasteiger partial charge on any atom is -0.452 e. The SMILES string of the molecule is COCCNC(=O)CSc1ccccc1C(=O)OCC(=O)Nc1ccc(N2CCOCC2)cc1. The molecule has 1 heterocycles. The zero-order chi connectivity index (χ0) is 24.2. The fourth-order valence-corrected chi connectivity index (χ4v) is 4.10. The molecule has 2 aromatic rings. The van der Waals surface area contributed by atoms with E-state index in [-0.39, 0.29) is 11.7 Å². The quantitative estimate of drug-likeness (QED) is 0.282. The van der Waals surface area contributed by atoms with E-state index in [1.54, 1.807) is 31.4 Å². The smallest absolute Gasteiger partial charge is 0.339 e. The Morgan fingerprint density at radius 1 is 1.03 bits per heavy atom. The molecule has 0 radical (unpaired) electrons. The molecular formula is C24H29N3O6S. The summed E-state index contributed by atoms with van der Waals surface area (Å²) in [5.74, 6) is -1.07. The molecule has 0 atom stereocenters. The lowest BCUT2D eigenvalue weighted by atomic mass is 10.2. The van der Waals surface area contributed by atoms with Gasteiger partial charge in [-0.3, -0.25) is 9.59 Å². The van der Waals surface area contributed by atoms with Crippen molar-refractivity contribution in [3.05, 3.63) is 54.1 Å². The monoisotopic (exact) mass is 487 g/mol. The standard InChI is InChI=1S/C24H29N3O6S/c1-31-13-10-25-23(29)17-34-21-5-3-2-4-20(21)24(30)33-16-22(28)26-18-6-8-19(9-7-18)27-11-14-32-15-12-27/h2-9H,10-17H2,1H3,(H,25,29)(H,26,28). The maximum atomic E-state index is 12.5. The molecule has 2 N–H and O–H groups in total. The highest BCUT2D eigenvalue weighted by Gasteiger charge is 2.16. The molecule has 3 rings (SSSR count). The molecule has 1 aliphatic heterocycles. The number of anilines is 2. The second-order valence-electron chi connectivity index (χ2n) is 7.40. The lowest BCUT2D eigenvalue weighted by Gasteiger charge is -2.28. The molecular weight excluding hydrogens is 458 g/mol. The van der Waals surface area contributed by atoms with Crippen molar-refractivity contribution in [2.75, 3.05) is 69.1 Å². The van der Waals surface area contributed by atoms with Crippen LogP contribution >= 0.6 is 11.8 Å². The van der Waals surface area contributed by atoms with Crippen LogP contribution in [0.3, 0.4) is 0 Å². The number of thioether (sulfide) groups is 1. The van der Waals surface area contributed by atoms with Gasteiger partial charge in [-0.1, -0.05) is 12.1 Å². The summed E-state index contributed by atoms with van der Waals surface area (Å²) < 4.78 is 15.5. The summed E-state index contributed by atoms with van der Waals surface area (Å²) in [6.45, 7) is 3.50. The van der Waals surface area contributed by atoms with Crippen LogP contribution in [0.4, 0.5) is 11.4 Å². The fraction of sp³-hybridized carbons (Fsp3) is 0.375. The van der Waals surface area contributed by atoms with E-state index in [0.717, 1.165) is 18.8 Å². The summed E-state index contributed by atoms with van der Waals surface area (Å²) >= 11 is 1.23. The van der Waals surface area contributed by atoms with Gasteiger partial charge in [-0.25, -0.2) is 4.79 Å². The van der Waals surface area contributed by atoms with Gasteiger partial charge in [-0.05, 0) is 36.4 Å². The largest absolute Gasteiger partial charge is 0.452 e. The molecule has 182 valence electrons. The number of esters is 1. The zero-order valence-electron chi connectivity index (χ0n) is 19.1. The number of rotatable bonds is 11. The van der Waals surface area contributed by atoms with Crippen LogP contribution in [0.25, 0.3) is 0 Å². The first-order chi connectivity index (χ1) is 16.6. The van der Waals surface area contributed by atoms with Crippen molar-refractivity contribution in [3.8, 4) is 0 Å². The van der Waals surface area contributed by atoms with Gasteiger partial charge in [-0.15, -0.1) is 11.8 Å². The van der Waals surface area contributed by atoms with E-state index in [0.29, 0.717) is 42.5 Å². The maximum absolute atomic E-state index is 12.5. The third kappa shape index (κ3) is 8.05. The Kier molecular flexibility index (Phi) is 10.2. The molecule has 1 aliphatic rings. The molecule has 34 heavy (non-hydrogen) atoms. The van der Waals surface area contributed by atoms with Crippen molar-refractivity contribution in [1.82, 2.24) is 5.32 Å². The van der Waals surface area contributed by atoms with Crippen molar-refractivity contribution in [2.24, 2.45) is 0 Å². The summed E-state index contributed by atoms with van der Waals surface area (Å²) in [5.41, 5.74) is 1.99. The average molecular weight is 488 g/mol. The summed E-state index contributed by atoms with van der Waals surface area (Å²) in [6.07, 6.45) is 0. The number of ether oxygens (including phenoxy) is 3. The summed E-state index contributed by atoms with van der Waals surface area (Å²) in [6, 6.07) is 14.3. The molecule has 1 saturated heterocycles. The van der Waals surface area contributed by atoms with E-state index in [9.17, 15) is 14.4 Å².